The first-order valence-electron chi connectivity index (χ1n) is 4.14. The lowest BCUT2D eigenvalue weighted by Gasteiger charge is -2.12. The van der Waals surface area contributed by atoms with E-state index < -0.39 is 11.6 Å². The number of carbonyl (C=O) groups is 1. The maximum absolute atomic E-state index is 13.2. The Balaban J connectivity index is 2.72. The second-order valence-corrected chi connectivity index (χ2v) is 3.23. The molecule has 0 amide bonds. The maximum Gasteiger partial charge on any atom is 0.170 e. The molecule has 0 aliphatic carbocycles. The fraction of sp³-hybridized carbons (Fsp3) is 0.200. The van der Waals surface area contributed by atoms with E-state index in [1.165, 1.54) is 0 Å². The van der Waals surface area contributed by atoms with Crippen LogP contribution in [0.25, 0.3) is 0 Å². The van der Waals surface area contributed by atoms with Gasteiger partial charge >= 0.3 is 0 Å². The molecule has 14 heavy (non-hydrogen) atoms. The lowest BCUT2D eigenvalue weighted by Crippen LogP contribution is -2.11. The third-order valence-electron chi connectivity index (χ3n) is 2.05. The van der Waals surface area contributed by atoms with E-state index in [4.69, 9.17) is 0 Å². The monoisotopic (exact) mass is 195 g/mol. The van der Waals surface area contributed by atoms with Crippen LogP contribution in [-0.2, 0) is 0 Å². The minimum Gasteiger partial charge on any atom is -0.294 e. The van der Waals surface area contributed by atoms with Crippen molar-refractivity contribution in [2.24, 2.45) is 4.99 Å². The van der Waals surface area contributed by atoms with Crippen LogP contribution in [0.4, 0.5) is 14.5 Å². The molecule has 0 N–H and O–H groups in total. The summed E-state index contributed by atoms with van der Waals surface area (Å²) in [5.41, 5.74) is 0.543. The van der Waals surface area contributed by atoms with Crippen LogP contribution in [0.3, 0.4) is 0 Å². The van der Waals surface area contributed by atoms with Crippen molar-refractivity contribution in [2.45, 2.75) is 13.3 Å². The number of benzene rings is 1. The van der Waals surface area contributed by atoms with Gasteiger partial charge in [-0.2, -0.15) is 0 Å². The predicted molar refractivity (Wildman–Crippen MR) is 48.1 cm³/mol. The summed E-state index contributed by atoms with van der Waals surface area (Å²) in [5, 5.41) is 0. The van der Waals surface area contributed by atoms with Gasteiger partial charge in [0.25, 0.3) is 0 Å². The lowest BCUT2D eigenvalue weighted by molar-refractivity contribution is 0.0999. The van der Waals surface area contributed by atoms with Crippen molar-refractivity contribution in [3.63, 3.8) is 0 Å². The average Bonchev–Trinajstić information content (AvgIpc) is 2.07. The molecule has 2 rings (SSSR count). The Morgan fingerprint density at radius 3 is 2.79 bits per heavy atom. The average molecular weight is 195 g/mol. The molecule has 4 heteroatoms. The number of hydrogen-bond acceptors (Lipinski definition) is 2. The van der Waals surface area contributed by atoms with Crippen molar-refractivity contribution < 1.29 is 13.6 Å². The van der Waals surface area contributed by atoms with Crippen molar-refractivity contribution in [2.75, 3.05) is 0 Å². The number of ketones is 1. The number of nitrogens with zero attached hydrogens (tertiary/aromatic N) is 1. The first-order chi connectivity index (χ1) is 6.58. The Hall–Kier alpha value is -1.58. The van der Waals surface area contributed by atoms with Gasteiger partial charge in [0.05, 0.1) is 0 Å². The molecule has 0 saturated heterocycles. The number of halogens is 2. The minimum atomic E-state index is -0.785. The highest BCUT2D eigenvalue weighted by Crippen LogP contribution is 2.29. The molecule has 1 aromatic rings. The van der Waals surface area contributed by atoms with E-state index in [1.54, 1.807) is 6.92 Å². The molecule has 0 aromatic heterocycles. The van der Waals surface area contributed by atoms with E-state index in [9.17, 15) is 13.6 Å². The first kappa shape index (κ1) is 8.99. The SMILES string of the molecule is CC1=Nc2c(F)cc(F)cc2C(=O)C1. The van der Waals surface area contributed by atoms with Crippen LogP contribution in [0.1, 0.15) is 23.7 Å². The molecule has 2 nitrogen and oxygen atoms in total. The number of carbonyl (C=O) groups excluding carboxylic acids is 1. The zero-order chi connectivity index (χ0) is 10.3. The smallest absolute Gasteiger partial charge is 0.170 e. The van der Waals surface area contributed by atoms with Crippen LogP contribution in [0.15, 0.2) is 17.1 Å². The van der Waals surface area contributed by atoms with Crippen LogP contribution in [0.2, 0.25) is 0 Å². The second-order valence-electron chi connectivity index (χ2n) is 3.23. The van der Waals surface area contributed by atoms with Crippen LogP contribution in [0.5, 0.6) is 0 Å². The standard InChI is InChI=1S/C10H7F2NO/c1-5-2-9(14)7-3-6(11)4-8(12)10(7)13-5/h3-4H,2H2,1H3. The van der Waals surface area contributed by atoms with Gasteiger partial charge in [-0.25, -0.2) is 8.78 Å². The van der Waals surface area contributed by atoms with Gasteiger partial charge in [-0.15, -0.1) is 0 Å². The number of Topliss-reactive ketones (excluding diaryl/α,β-unsaturated/α-hetero) is 1. The zero-order valence-electron chi connectivity index (χ0n) is 7.47. The topological polar surface area (TPSA) is 29.4 Å². The van der Waals surface area contributed by atoms with Crippen molar-refractivity contribution >= 4 is 17.2 Å². The van der Waals surface area contributed by atoms with E-state index in [2.05, 4.69) is 4.99 Å². The Morgan fingerprint density at radius 2 is 2.07 bits per heavy atom. The molecule has 0 saturated carbocycles. The summed E-state index contributed by atoms with van der Waals surface area (Å²) in [6.07, 6.45) is 0.135. The predicted octanol–water partition coefficient (Wildman–Crippen LogP) is 2.64. The molecule has 1 aromatic carbocycles. The van der Waals surface area contributed by atoms with E-state index in [0.29, 0.717) is 5.71 Å². The number of rotatable bonds is 0. The molecule has 0 radical (unpaired) electrons. The minimum absolute atomic E-state index is 0.0353. The molecular weight excluding hydrogens is 188 g/mol. The van der Waals surface area contributed by atoms with Crippen LogP contribution in [0, 0.1) is 11.6 Å². The Morgan fingerprint density at radius 1 is 1.36 bits per heavy atom. The van der Waals surface area contributed by atoms with Gasteiger partial charge < -0.3 is 0 Å². The summed E-state index contributed by atoms with van der Waals surface area (Å²) < 4.78 is 26.0. The summed E-state index contributed by atoms with van der Waals surface area (Å²) in [4.78, 5) is 15.3. The van der Waals surface area contributed by atoms with Gasteiger partial charge in [-0.3, -0.25) is 9.79 Å². The molecule has 1 aliphatic rings. The molecule has 0 atom stereocenters. The van der Waals surface area contributed by atoms with Crippen molar-refractivity contribution in [1.29, 1.82) is 0 Å². The fourth-order valence-corrected chi connectivity index (χ4v) is 1.45. The quantitative estimate of drug-likeness (QED) is 0.625. The Kier molecular flexibility index (Phi) is 1.91. The molecule has 0 bridgehead atoms. The zero-order valence-corrected chi connectivity index (χ0v) is 7.47. The second kappa shape index (κ2) is 2.97. The normalized spacial score (nSPS) is 15.1. The maximum atomic E-state index is 13.2. The molecule has 0 unspecified atom stereocenters. The van der Waals surface area contributed by atoms with Gasteiger partial charge in [-0.05, 0) is 13.0 Å². The molecule has 1 heterocycles. The summed E-state index contributed by atoms with van der Waals surface area (Å²) in [7, 11) is 0. The van der Waals surface area contributed by atoms with Gasteiger partial charge in [-0.1, -0.05) is 0 Å². The van der Waals surface area contributed by atoms with E-state index >= 15 is 0 Å². The van der Waals surface area contributed by atoms with Crippen molar-refractivity contribution in [3.05, 3.63) is 29.3 Å². The van der Waals surface area contributed by atoms with Crippen molar-refractivity contribution in [1.82, 2.24) is 0 Å². The van der Waals surface area contributed by atoms with E-state index in [1.807, 2.05) is 0 Å². The number of aliphatic imine (C=N–C) groups is 1. The summed E-state index contributed by atoms with van der Waals surface area (Å²) in [6, 6.07) is 1.75. The van der Waals surface area contributed by atoms with Gasteiger partial charge in [0.2, 0.25) is 0 Å². The number of fused-ring (bicyclic) bond motifs is 1. The van der Waals surface area contributed by atoms with Gasteiger partial charge in [0.15, 0.2) is 11.6 Å². The molecule has 72 valence electrons. The third kappa shape index (κ3) is 1.32. The van der Waals surface area contributed by atoms with E-state index in [0.717, 1.165) is 12.1 Å². The summed E-state index contributed by atoms with van der Waals surface area (Å²) in [6.45, 7) is 1.64. The van der Waals surface area contributed by atoms with Gasteiger partial charge in [0.1, 0.15) is 11.5 Å². The first-order valence-corrected chi connectivity index (χ1v) is 4.14. The highest BCUT2D eigenvalue weighted by molar-refractivity contribution is 6.15. The third-order valence-corrected chi connectivity index (χ3v) is 2.05. The lowest BCUT2D eigenvalue weighted by atomic mass is 10.0. The molecular formula is C10H7F2NO. The summed E-state index contributed by atoms with van der Waals surface area (Å²) in [5.74, 6) is -1.82. The Labute approximate surface area is 79.3 Å². The highest BCUT2D eigenvalue weighted by atomic mass is 19.1. The van der Waals surface area contributed by atoms with Crippen molar-refractivity contribution in [3.8, 4) is 0 Å². The Bertz CT molecular complexity index is 452. The summed E-state index contributed by atoms with van der Waals surface area (Å²) >= 11 is 0. The van der Waals surface area contributed by atoms with Crippen LogP contribution in [-0.4, -0.2) is 11.5 Å². The molecule has 0 spiro atoms. The molecule has 1 aliphatic heterocycles. The van der Waals surface area contributed by atoms with Crippen LogP contribution >= 0.6 is 0 Å². The van der Waals surface area contributed by atoms with E-state index in [-0.39, 0.29) is 23.5 Å². The molecule has 0 fully saturated rings. The highest BCUT2D eigenvalue weighted by Gasteiger charge is 2.21. The van der Waals surface area contributed by atoms with Crippen LogP contribution < -0.4 is 0 Å². The van der Waals surface area contributed by atoms with Gasteiger partial charge in [0, 0.05) is 23.8 Å². The number of hydrogen-bond donors (Lipinski definition) is 0. The fourth-order valence-electron chi connectivity index (χ4n) is 1.45. The largest absolute Gasteiger partial charge is 0.294 e.